The molecule has 38 heavy (non-hydrogen) atoms. The first-order valence-corrected chi connectivity index (χ1v) is 13.7. The number of hydrogen-bond donors (Lipinski definition) is 0. The molecule has 3 aliphatic carbocycles. The van der Waals surface area contributed by atoms with E-state index < -0.39 is 4.92 Å². The summed E-state index contributed by atoms with van der Waals surface area (Å²) in [4.78, 5) is 23.4. The molecule has 6 heteroatoms. The number of nitro groups is 1. The van der Waals surface area contributed by atoms with Gasteiger partial charge in [0, 0.05) is 17.5 Å². The van der Waals surface area contributed by atoms with Crippen LogP contribution in [0.15, 0.2) is 72.8 Å². The van der Waals surface area contributed by atoms with Crippen molar-refractivity contribution in [1.29, 1.82) is 0 Å². The Morgan fingerprint density at radius 3 is 2.55 bits per heavy atom. The molecule has 3 aliphatic rings. The standard InChI is InChI=1S/C32H33NO5/c1-32-18-17-27-26-14-12-25(37-20-21-5-3-2-4-6-21)19-23(26)9-13-28(27)29(32)15-16-30(32)38-31(34)22-7-10-24(11-8-22)33(35)36/h2-8,10-12,14,19,27-30H,9,13,15-18,20H2,1H3/t27-,28-,29+,30+,32+/m1/s1. The van der Waals surface area contributed by atoms with E-state index in [4.69, 9.17) is 9.47 Å². The molecule has 196 valence electrons. The van der Waals surface area contributed by atoms with Gasteiger partial charge in [0.2, 0.25) is 0 Å². The van der Waals surface area contributed by atoms with Crippen molar-refractivity contribution >= 4 is 11.7 Å². The second kappa shape index (κ2) is 9.90. The topological polar surface area (TPSA) is 78.7 Å². The number of non-ortho nitro benzene ring substituents is 1. The smallest absolute Gasteiger partial charge is 0.338 e. The van der Waals surface area contributed by atoms with E-state index in [2.05, 4.69) is 37.3 Å². The van der Waals surface area contributed by atoms with Gasteiger partial charge in [-0.15, -0.1) is 0 Å². The Morgan fingerprint density at radius 2 is 1.79 bits per heavy atom. The molecule has 2 saturated carbocycles. The third-order valence-corrected chi connectivity index (χ3v) is 9.42. The summed E-state index contributed by atoms with van der Waals surface area (Å²) in [7, 11) is 0. The maximum absolute atomic E-state index is 12.9. The molecule has 6 nitrogen and oxygen atoms in total. The molecule has 6 rings (SSSR count). The molecule has 0 saturated heterocycles. The van der Waals surface area contributed by atoms with Crippen molar-refractivity contribution in [1.82, 2.24) is 0 Å². The highest BCUT2D eigenvalue weighted by Crippen LogP contribution is 2.61. The Bertz CT molecular complexity index is 1340. The highest BCUT2D eigenvalue weighted by Gasteiger charge is 2.56. The second-order valence-corrected chi connectivity index (χ2v) is 11.4. The first-order chi connectivity index (χ1) is 18.4. The summed E-state index contributed by atoms with van der Waals surface area (Å²) in [6.07, 6.45) is 6.17. The van der Waals surface area contributed by atoms with Gasteiger partial charge in [0.25, 0.3) is 5.69 Å². The predicted octanol–water partition coefficient (Wildman–Crippen LogP) is 7.26. The van der Waals surface area contributed by atoms with Gasteiger partial charge < -0.3 is 9.47 Å². The van der Waals surface area contributed by atoms with Crippen LogP contribution < -0.4 is 4.74 Å². The van der Waals surface area contributed by atoms with Gasteiger partial charge >= 0.3 is 5.97 Å². The van der Waals surface area contributed by atoms with Crippen molar-refractivity contribution in [2.75, 3.05) is 0 Å². The largest absolute Gasteiger partial charge is 0.489 e. The molecule has 0 bridgehead atoms. The number of esters is 1. The molecule has 3 aromatic carbocycles. The Labute approximate surface area is 223 Å². The number of nitro benzene ring substituents is 1. The minimum absolute atomic E-state index is 0.0276. The van der Waals surface area contributed by atoms with E-state index >= 15 is 0 Å². The lowest BCUT2D eigenvalue weighted by atomic mass is 9.55. The number of rotatable bonds is 6. The number of hydrogen-bond acceptors (Lipinski definition) is 5. The number of aryl methyl sites for hydroxylation is 1. The highest BCUT2D eigenvalue weighted by atomic mass is 16.6. The van der Waals surface area contributed by atoms with Crippen LogP contribution in [-0.4, -0.2) is 17.0 Å². The summed E-state index contributed by atoms with van der Waals surface area (Å²) in [5.74, 6) is 2.22. The van der Waals surface area contributed by atoms with Gasteiger partial charge in [0.15, 0.2) is 0 Å². The molecule has 0 radical (unpaired) electrons. The number of nitrogens with zero attached hydrogens (tertiary/aromatic N) is 1. The van der Waals surface area contributed by atoms with Gasteiger partial charge in [0.1, 0.15) is 18.5 Å². The fraction of sp³-hybridized carbons (Fsp3) is 0.406. The molecule has 0 heterocycles. The third-order valence-electron chi connectivity index (χ3n) is 9.42. The van der Waals surface area contributed by atoms with Gasteiger partial charge in [-0.3, -0.25) is 10.1 Å². The average molecular weight is 512 g/mol. The number of ether oxygens (including phenoxy) is 2. The molecule has 0 unspecified atom stereocenters. The van der Waals surface area contributed by atoms with Gasteiger partial charge in [-0.05, 0) is 97.2 Å². The van der Waals surface area contributed by atoms with E-state index in [0.29, 0.717) is 29.9 Å². The number of carbonyl (C=O) groups is 1. The minimum atomic E-state index is -0.461. The fourth-order valence-electron chi connectivity index (χ4n) is 7.45. The Morgan fingerprint density at radius 1 is 1.00 bits per heavy atom. The van der Waals surface area contributed by atoms with Crippen molar-refractivity contribution in [2.24, 2.45) is 17.3 Å². The predicted molar refractivity (Wildman–Crippen MR) is 144 cm³/mol. The van der Waals surface area contributed by atoms with Gasteiger partial charge in [-0.25, -0.2) is 4.79 Å². The number of carbonyl (C=O) groups excluding carboxylic acids is 1. The molecule has 5 atom stereocenters. The van der Waals surface area contributed by atoms with Gasteiger partial charge in [-0.2, -0.15) is 0 Å². The highest BCUT2D eigenvalue weighted by molar-refractivity contribution is 5.89. The van der Waals surface area contributed by atoms with Crippen molar-refractivity contribution in [2.45, 2.75) is 64.1 Å². The van der Waals surface area contributed by atoms with Crippen LogP contribution in [0.5, 0.6) is 5.75 Å². The molecule has 3 aromatic rings. The molecule has 0 aliphatic heterocycles. The summed E-state index contributed by atoms with van der Waals surface area (Å²) in [6.45, 7) is 2.89. The summed E-state index contributed by atoms with van der Waals surface area (Å²) in [6, 6.07) is 22.6. The zero-order valence-electron chi connectivity index (χ0n) is 21.7. The quantitative estimate of drug-likeness (QED) is 0.198. The molecule has 0 aromatic heterocycles. The van der Waals surface area contributed by atoms with E-state index in [1.807, 2.05) is 18.2 Å². The van der Waals surface area contributed by atoms with Crippen LogP contribution in [0, 0.1) is 27.4 Å². The number of fused-ring (bicyclic) bond motifs is 5. The van der Waals surface area contributed by atoms with E-state index in [-0.39, 0.29) is 23.2 Å². The lowest BCUT2D eigenvalue weighted by molar-refractivity contribution is -0.384. The van der Waals surface area contributed by atoms with Crippen LogP contribution in [0.1, 0.15) is 72.0 Å². The summed E-state index contributed by atoms with van der Waals surface area (Å²) in [5.41, 5.74) is 4.37. The maximum atomic E-state index is 12.9. The number of benzene rings is 3. The van der Waals surface area contributed by atoms with E-state index in [9.17, 15) is 14.9 Å². The van der Waals surface area contributed by atoms with Crippen molar-refractivity contribution in [3.63, 3.8) is 0 Å². The summed E-state index contributed by atoms with van der Waals surface area (Å²) >= 11 is 0. The lowest BCUT2D eigenvalue weighted by Gasteiger charge is -2.50. The molecule has 2 fully saturated rings. The Hall–Kier alpha value is -3.67. The van der Waals surface area contributed by atoms with Crippen LogP contribution in [0.25, 0.3) is 0 Å². The zero-order valence-corrected chi connectivity index (χ0v) is 21.7. The average Bonchev–Trinajstić information content (AvgIpc) is 3.28. The first-order valence-electron chi connectivity index (χ1n) is 13.7. The van der Waals surface area contributed by atoms with Crippen molar-refractivity contribution in [3.8, 4) is 5.75 Å². The normalized spacial score (nSPS) is 27.5. The molecule has 0 amide bonds. The van der Waals surface area contributed by atoms with Crippen LogP contribution in [0.3, 0.4) is 0 Å². The van der Waals surface area contributed by atoms with E-state index in [1.54, 1.807) is 0 Å². The van der Waals surface area contributed by atoms with Crippen LogP contribution in [-0.2, 0) is 17.8 Å². The third kappa shape index (κ3) is 4.46. The SMILES string of the molecule is C[C@]12CC[C@@H]3c4ccc(OCc5ccccc5)cc4CC[C@H]3[C@@H]1CC[C@@H]2OC(=O)c1ccc([N+](=O)[O-])cc1. The Balaban J connectivity index is 1.13. The summed E-state index contributed by atoms with van der Waals surface area (Å²) < 4.78 is 12.2. The Kier molecular flexibility index (Phi) is 6.42. The van der Waals surface area contributed by atoms with Gasteiger partial charge in [-0.1, -0.05) is 43.3 Å². The van der Waals surface area contributed by atoms with E-state index in [1.165, 1.54) is 41.0 Å². The van der Waals surface area contributed by atoms with Crippen molar-refractivity contribution < 1.29 is 19.2 Å². The first kappa shape index (κ1) is 24.7. The van der Waals surface area contributed by atoms with Crippen LogP contribution in [0.2, 0.25) is 0 Å². The van der Waals surface area contributed by atoms with Crippen LogP contribution >= 0.6 is 0 Å². The van der Waals surface area contributed by atoms with Gasteiger partial charge in [0.05, 0.1) is 10.5 Å². The monoisotopic (exact) mass is 511 g/mol. The summed E-state index contributed by atoms with van der Waals surface area (Å²) in [5, 5.41) is 10.9. The van der Waals surface area contributed by atoms with Crippen molar-refractivity contribution in [3.05, 3.63) is 105 Å². The minimum Gasteiger partial charge on any atom is -0.489 e. The maximum Gasteiger partial charge on any atom is 0.338 e. The second-order valence-electron chi connectivity index (χ2n) is 11.4. The zero-order chi connectivity index (χ0) is 26.3. The fourth-order valence-corrected chi connectivity index (χ4v) is 7.45. The molecule has 0 N–H and O–H groups in total. The molecular weight excluding hydrogens is 478 g/mol. The van der Waals surface area contributed by atoms with E-state index in [0.717, 1.165) is 44.3 Å². The molecule has 0 spiro atoms. The van der Waals surface area contributed by atoms with Crippen LogP contribution in [0.4, 0.5) is 5.69 Å². The molecular formula is C32H33NO5. The lowest BCUT2D eigenvalue weighted by Crippen LogP contribution is -2.45.